The van der Waals surface area contributed by atoms with Gasteiger partial charge in [0, 0.05) is 6.92 Å². The first-order chi connectivity index (χ1) is 9.10. The summed E-state index contributed by atoms with van der Waals surface area (Å²) in [6.45, 7) is 3.89. The number of methoxy groups -OCH3 is 1. The molecule has 19 heavy (non-hydrogen) atoms. The van der Waals surface area contributed by atoms with Crippen molar-refractivity contribution in [3.63, 3.8) is 0 Å². The van der Waals surface area contributed by atoms with Gasteiger partial charge in [0.05, 0.1) is 19.3 Å². The molecule has 0 fully saturated rings. The third-order valence-corrected chi connectivity index (χ3v) is 2.13. The molecular weight excluding hydrogens is 250 g/mol. The van der Waals surface area contributed by atoms with Crippen molar-refractivity contribution in [2.75, 3.05) is 13.7 Å². The van der Waals surface area contributed by atoms with Crippen molar-refractivity contribution in [3.05, 3.63) is 29.8 Å². The largest absolute Gasteiger partial charge is 0.479 e. The van der Waals surface area contributed by atoms with Crippen LogP contribution in [-0.2, 0) is 14.3 Å². The van der Waals surface area contributed by atoms with Crippen LogP contribution in [0.4, 0.5) is 0 Å². The first-order valence-electron chi connectivity index (χ1n) is 5.66. The number of benzene rings is 1. The molecule has 6 nitrogen and oxygen atoms in total. The van der Waals surface area contributed by atoms with E-state index in [0.29, 0.717) is 12.5 Å². The van der Waals surface area contributed by atoms with E-state index >= 15 is 0 Å². The lowest BCUT2D eigenvalue weighted by Gasteiger charge is -2.06. The standard InChI is InChI=1S/C13H15NO5/c1-4-18-9(2)14-19-11-8-6-5-7-10(11)12(15)13(16)17-3/h5-8H,4H2,1-3H3. The van der Waals surface area contributed by atoms with Crippen molar-refractivity contribution in [1.29, 1.82) is 0 Å². The Morgan fingerprint density at radius 3 is 2.58 bits per heavy atom. The minimum Gasteiger partial charge on any atom is -0.479 e. The van der Waals surface area contributed by atoms with Crippen molar-refractivity contribution in [1.82, 2.24) is 0 Å². The fourth-order valence-electron chi connectivity index (χ4n) is 1.29. The first kappa shape index (κ1) is 14.7. The topological polar surface area (TPSA) is 74.2 Å². The van der Waals surface area contributed by atoms with Gasteiger partial charge in [-0.25, -0.2) is 4.79 Å². The Bertz CT molecular complexity index is 496. The number of ketones is 1. The average molecular weight is 265 g/mol. The molecule has 0 saturated heterocycles. The van der Waals surface area contributed by atoms with Gasteiger partial charge in [-0.3, -0.25) is 4.79 Å². The Hall–Kier alpha value is -2.37. The summed E-state index contributed by atoms with van der Waals surface area (Å²) in [5.74, 6) is -1.26. The zero-order valence-electron chi connectivity index (χ0n) is 11.0. The van der Waals surface area contributed by atoms with E-state index in [1.807, 2.05) is 6.92 Å². The smallest absolute Gasteiger partial charge is 0.379 e. The van der Waals surface area contributed by atoms with Crippen LogP contribution in [0.2, 0.25) is 0 Å². The lowest BCUT2D eigenvalue weighted by atomic mass is 10.1. The highest BCUT2D eigenvalue weighted by Crippen LogP contribution is 2.19. The second-order valence-corrected chi connectivity index (χ2v) is 3.45. The molecule has 0 N–H and O–H groups in total. The highest BCUT2D eigenvalue weighted by Gasteiger charge is 2.21. The van der Waals surface area contributed by atoms with E-state index in [-0.39, 0.29) is 11.3 Å². The zero-order valence-corrected chi connectivity index (χ0v) is 11.0. The fraction of sp³-hybridized carbons (Fsp3) is 0.308. The van der Waals surface area contributed by atoms with E-state index in [1.54, 1.807) is 19.1 Å². The number of carbonyl (C=O) groups excluding carboxylic acids is 2. The molecule has 1 aromatic carbocycles. The highest BCUT2D eigenvalue weighted by molar-refractivity contribution is 6.41. The molecule has 0 unspecified atom stereocenters. The van der Waals surface area contributed by atoms with Gasteiger partial charge in [-0.05, 0) is 24.2 Å². The molecule has 0 aromatic heterocycles. The first-order valence-corrected chi connectivity index (χ1v) is 5.66. The third-order valence-electron chi connectivity index (χ3n) is 2.13. The van der Waals surface area contributed by atoms with Crippen molar-refractivity contribution in [2.45, 2.75) is 13.8 Å². The Kier molecular flexibility index (Phi) is 5.53. The van der Waals surface area contributed by atoms with Crippen LogP contribution in [-0.4, -0.2) is 31.4 Å². The van der Waals surface area contributed by atoms with E-state index in [0.717, 1.165) is 7.11 Å². The van der Waals surface area contributed by atoms with Gasteiger partial charge in [0.2, 0.25) is 5.90 Å². The minimum atomic E-state index is -0.957. The number of esters is 1. The maximum absolute atomic E-state index is 11.7. The predicted octanol–water partition coefficient (Wildman–Crippen LogP) is 1.79. The third kappa shape index (κ3) is 4.09. The average Bonchev–Trinajstić information content (AvgIpc) is 2.44. The molecule has 0 aliphatic heterocycles. The van der Waals surface area contributed by atoms with Crippen LogP contribution in [0.1, 0.15) is 24.2 Å². The van der Waals surface area contributed by atoms with Crippen LogP contribution in [0.25, 0.3) is 0 Å². The number of hydrogen-bond acceptors (Lipinski definition) is 6. The summed E-state index contributed by atoms with van der Waals surface area (Å²) in [5.41, 5.74) is 0.0856. The molecule has 1 rings (SSSR count). The number of nitrogens with zero attached hydrogens (tertiary/aromatic N) is 1. The van der Waals surface area contributed by atoms with E-state index in [1.165, 1.54) is 12.1 Å². The maximum Gasteiger partial charge on any atom is 0.379 e. The van der Waals surface area contributed by atoms with Crippen LogP contribution in [0, 0.1) is 0 Å². The van der Waals surface area contributed by atoms with Crippen molar-refractivity contribution < 1.29 is 23.9 Å². The quantitative estimate of drug-likeness (QED) is 0.203. The molecule has 102 valence electrons. The molecule has 0 aliphatic rings. The lowest BCUT2D eigenvalue weighted by Crippen LogP contribution is -2.16. The zero-order chi connectivity index (χ0) is 14.3. The van der Waals surface area contributed by atoms with E-state index in [2.05, 4.69) is 9.89 Å². The number of para-hydroxylation sites is 1. The molecule has 6 heteroatoms. The summed E-state index contributed by atoms with van der Waals surface area (Å²) >= 11 is 0. The second-order valence-electron chi connectivity index (χ2n) is 3.45. The molecule has 0 radical (unpaired) electrons. The van der Waals surface area contributed by atoms with Gasteiger partial charge < -0.3 is 14.3 Å². The van der Waals surface area contributed by atoms with Gasteiger partial charge in [0.1, 0.15) is 0 Å². The van der Waals surface area contributed by atoms with E-state index in [9.17, 15) is 9.59 Å². The van der Waals surface area contributed by atoms with Gasteiger partial charge in [0.15, 0.2) is 5.75 Å². The fourth-order valence-corrected chi connectivity index (χ4v) is 1.29. The van der Waals surface area contributed by atoms with Crippen LogP contribution < -0.4 is 4.84 Å². The van der Waals surface area contributed by atoms with E-state index in [4.69, 9.17) is 9.57 Å². The minimum absolute atomic E-state index is 0.0856. The Morgan fingerprint density at radius 1 is 1.26 bits per heavy atom. The summed E-state index contributed by atoms with van der Waals surface area (Å²) in [6, 6.07) is 6.26. The normalized spacial score (nSPS) is 10.8. The second kappa shape index (κ2) is 7.15. The molecular formula is C13H15NO5. The van der Waals surface area contributed by atoms with Crippen LogP contribution in [0.3, 0.4) is 0 Å². The molecule has 0 aliphatic carbocycles. The molecule has 0 atom stereocenters. The van der Waals surface area contributed by atoms with Crippen LogP contribution in [0.5, 0.6) is 5.75 Å². The molecule has 0 saturated carbocycles. The Balaban J connectivity index is 2.93. The number of carbonyl (C=O) groups is 2. The van der Waals surface area contributed by atoms with Gasteiger partial charge >= 0.3 is 5.97 Å². The van der Waals surface area contributed by atoms with Crippen molar-refractivity contribution in [3.8, 4) is 5.75 Å². The Morgan fingerprint density at radius 2 is 1.95 bits per heavy atom. The molecule has 0 spiro atoms. The van der Waals surface area contributed by atoms with Crippen molar-refractivity contribution >= 4 is 17.7 Å². The van der Waals surface area contributed by atoms with Crippen molar-refractivity contribution in [2.24, 2.45) is 5.16 Å². The summed E-state index contributed by atoms with van der Waals surface area (Å²) in [4.78, 5) is 28.1. The van der Waals surface area contributed by atoms with Crippen LogP contribution >= 0.6 is 0 Å². The lowest BCUT2D eigenvalue weighted by molar-refractivity contribution is -0.135. The maximum atomic E-state index is 11.7. The number of hydrogen-bond donors (Lipinski definition) is 0. The SMILES string of the molecule is CCOC(C)=NOc1ccccc1C(=O)C(=O)OC. The van der Waals surface area contributed by atoms with Crippen LogP contribution in [0.15, 0.2) is 29.4 Å². The Labute approximate surface area is 110 Å². The molecule has 0 bridgehead atoms. The van der Waals surface area contributed by atoms with Gasteiger partial charge in [-0.1, -0.05) is 12.1 Å². The molecule has 0 heterocycles. The number of ether oxygens (including phenoxy) is 2. The number of oxime groups is 1. The highest BCUT2D eigenvalue weighted by atomic mass is 16.6. The van der Waals surface area contributed by atoms with Gasteiger partial charge in [-0.15, -0.1) is 0 Å². The molecule has 1 aromatic rings. The van der Waals surface area contributed by atoms with Gasteiger partial charge in [-0.2, -0.15) is 0 Å². The summed E-state index contributed by atoms with van der Waals surface area (Å²) in [6.07, 6.45) is 0. The predicted molar refractivity (Wildman–Crippen MR) is 68.2 cm³/mol. The summed E-state index contributed by atoms with van der Waals surface area (Å²) in [5, 5.41) is 3.70. The number of rotatable bonds is 5. The van der Waals surface area contributed by atoms with Gasteiger partial charge in [0.25, 0.3) is 5.78 Å². The monoisotopic (exact) mass is 265 g/mol. The molecule has 0 amide bonds. The van der Waals surface area contributed by atoms with E-state index < -0.39 is 11.8 Å². The summed E-state index contributed by atoms with van der Waals surface area (Å²) < 4.78 is 9.46. The summed E-state index contributed by atoms with van der Waals surface area (Å²) in [7, 11) is 1.14. The number of Topliss-reactive ketones (excluding diaryl/α,β-unsaturated/α-hetero) is 1.